The van der Waals surface area contributed by atoms with Crippen LogP contribution in [0.5, 0.6) is 0 Å². The molecule has 0 fully saturated rings. The summed E-state index contributed by atoms with van der Waals surface area (Å²) in [5, 5.41) is 37.4. The Hall–Kier alpha value is -4.40. The molecule has 3 rings (SSSR count). The molecule has 1 aromatic carbocycles. The van der Waals surface area contributed by atoms with Crippen molar-refractivity contribution in [2.75, 3.05) is 0 Å². The molecule has 0 N–H and O–H groups in total. The van der Waals surface area contributed by atoms with Gasteiger partial charge in [-0.3, -0.25) is 0 Å². The Morgan fingerprint density at radius 3 is 1.43 bits per heavy atom. The molecule has 0 unspecified atom stereocenters. The molecule has 2 heterocycles. The number of aromatic nitrogens is 4. The Kier molecular flexibility index (Phi) is 4.90. The topological polar surface area (TPSA) is 113 Å². The second-order valence-electron chi connectivity index (χ2n) is 6.32. The van der Waals surface area contributed by atoms with Gasteiger partial charge in [0.15, 0.2) is 0 Å². The zero-order chi connectivity index (χ0) is 20.3. The maximum atomic E-state index is 9.45. The van der Waals surface area contributed by atoms with Gasteiger partial charge in [-0.05, 0) is 0 Å². The van der Waals surface area contributed by atoms with Gasteiger partial charge in [0.05, 0.1) is 14.1 Å². The van der Waals surface area contributed by atoms with Crippen molar-refractivity contribution in [3.8, 4) is 24.3 Å². The SMILES string of the molecule is C[n+]1cn(Cc2ccccc2Cn2c[n+](C)c(C#N)c2C#N)c(C#N)c1C#N. The summed E-state index contributed by atoms with van der Waals surface area (Å²) in [4.78, 5) is 0. The number of rotatable bonds is 4. The molecule has 0 saturated carbocycles. The summed E-state index contributed by atoms with van der Waals surface area (Å²) in [5.41, 5.74) is 3.13. The number of imidazole rings is 2. The van der Waals surface area contributed by atoms with Crippen LogP contribution in [0.1, 0.15) is 33.9 Å². The zero-order valence-electron chi connectivity index (χ0n) is 15.5. The van der Waals surface area contributed by atoms with E-state index in [0.717, 1.165) is 11.1 Å². The van der Waals surface area contributed by atoms with E-state index < -0.39 is 0 Å². The zero-order valence-corrected chi connectivity index (χ0v) is 15.5. The van der Waals surface area contributed by atoms with Gasteiger partial charge in [-0.2, -0.15) is 21.0 Å². The van der Waals surface area contributed by atoms with Crippen molar-refractivity contribution < 1.29 is 9.13 Å². The van der Waals surface area contributed by atoms with Crippen LogP contribution in [0.4, 0.5) is 0 Å². The Morgan fingerprint density at radius 2 is 1.11 bits per heavy atom. The van der Waals surface area contributed by atoms with E-state index in [4.69, 9.17) is 0 Å². The van der Waals surface area contributed by atoms with Crippen molar-refractivity contribution in [3.05, 3.63) is 70.8 Å². The highest BCUT2D eigenvalue weighted by atomic mass is 15.1. The van der Waals surface area contributed by atoms with Crippen molar-refractivity contribution in [2.24, 2.45) is 14.1 Å². The van der Waals surface area contributed by atoms with Crippen LogP contribution in [-0.4, -0.2) is 9.13 Å². The fourth-order valence-corrected chi connectivity index (χ4v) is 3.23. The molecule has 2 aromatic heterocycles. The first-order chi connectivity index (χ1) is 13.5. The van der Waals surface area contributed by atoms with Crippen LogP contribution in [0.3, 0.4) is 0 Å². The predicted molar refractivity (Wildman–Crippen MR) is 94.7 cm³/mol. The third kappa shape index (κ3) is 3.07. The first-order valence-electron chi connectivity index (χ1n) is 8.38. The number of nitrogens with zero attached hydrogens (tertiary/aromatic N) is 8. The van der Waals surface area contributed by atoms with Gasteiger partial charge in [-0.15, -0.1) is 0 Å². The highest BCUT2D eigenvalue weighted by molar-refractivity contribution is 5.36. The molecule has 0 aliphatic rings. The average Bonchev–Trinajstić information content (AvgIpc) is 3.17. The minimum absolute atomic E-state index is 0.302. The summed E-state index contributed by atoms with van der Waals surface area (Å²) in [6.07, 6.45) is 3.44. The lowest BCUT2D eigenvalue weighted by molar-refractivity contribution is -0.673. The Morgan fingerprint density at radius 1 is 0.714 bits per heavy atom. The van der Waals surface area contributed by atoms with Gasteiger partial charge in [0.2, 0.25) is 12.7 Å². The Balaban J connectivity index is 2.01. The molecule has 0 atom stereocenters. The lowest BCUT2D eigenvalue weighted by Gasteiger charge is -2.06. The van der Waals surface area contributed by atoms with E-state index in [-0.39, 0.29) is 0 Å². The van der Waals surface area contributed by atoms with Gasteiger partial charge in [-0.25, -0.2) is 18.3 Å². The molecule has 0 saturated heterocycles. The fourth-order valence-electron chi connectivity index (χ4n) is 3.23. The molecule has 0 aliphatic heterocycles. The van der Waals surface area contributed by atoms with E-state index >= 15 is 0 Å². The van der Waals surface area contributed by atoms with Crippen molar-refractivity contribution in [1.29, 1.82) is 21.0 Å². The van der Waals surface area contributed by atoms with Gasteiger partial charge >= 0.3 is 0 Å². The average molecular weight is 368 g/mol. The number of hydrogen-bond acceptors (Lipinski definition) is 4. The van der Waals surface area contributed by atoms with Crippen molar-refractivity contribution in [3.63, 3.8) is 0 Å². The second-order valence-corrected chi connectivity index (χ2v) is 6.32. The van der Waals surface area contributed by atoms with E-state index in [2.05, 4.69) is 24.3 Å². The van der Waals surface area contributed by atoms with E-state index in [1.54, 1.807) is 45.0 Å². The van der Waals surface area contributed by atoms with Crippen LogP contribution in [0, 0.1) is 45.3 Å². The number of benzene rings is 1. The molecule has 8 nitrogen and oxygen atoms in total. The quantitative estimate of drug-likeness (QED) is 0.625. The van der Waals surface area contributed by atoms with E-state index in [1.807, 2.05) is 24.3 Å². The standard InChI is InChI=1S/C20H16N8/c1-25-13-27(19(9-23)17(25)7-21)11-15-5-3-4-6-16(15)12-28-14-26(2)18(8-22)20(28)10-24/h3-6,13-14H,11-12H2,1-2H3/q+2. The molecule has 0 spiro atoms. The van der Waals surface area contributed by atoms with Crippen LogP contribution in [-0.2, 0) is 27.2 Å². The minimum Gasteiger partial charge on any atom is -0.223 e. The maximum Gasteiger partial charge on any atom is 0.263 e. The first kappa shape index (κ1) is 18.4. The summed E-state index contributed by atoms with van der Waals surface area (Å²) in [7, 11) is 3.45. The van der Waals surface area contributed by atoms with Crippen LogP contribution in [0.2, 0.25) is 0 Å². The Bertz CT molecular complexity index is 1130. The van der Waals surface area contributed by atoms with Gasteiger partial charge < -0.3 is 0 Å². The Labute approximate surface area is 162 Å². The molecule has 134 valence electrons. The molecule has 28 heavy (non-hydrogen) atoms. The number of hydrogen-bond donors (Lipinski definition) is 0. The monoisotopic (exact) mass is 368 g/mol. The summed E-state index contributed by atoms with van der Waals surface area (Å²) in [5.74, 6) is 0. The van der Waals surface area contributed by atoms with Crippen molar-refractivity contribution in [2.45, 2.75) is 13.1 Å². The minimum atomic E-state index is 0.302. The lowest BCUT2D eigenvalue weighted by atomic mass is 10.1. The highest BCUT2D eigenvalue weighted by Crippen LogP contribution is 2.16. The van der Waals surface area contributed by atoms with Crippen molar-refractivity contribution >= 4 is 0 Å². The van der Waals surface area contributed by atoms with Gasteiger partial charge in [0, 0.05) is 11.1 Å². The molecular weight excluding hydrogens is 352 g/mol. The van der Waals surface area contributed by atoms with E-state index in [0.29, 0.717) is 35.9 Å². The molecular formula is C20H16N8+2. The van der Waals surface area contributed by atoms with Crippen molar-refractivity contribution in [1.82, 2.24) is 9.13 Å². The highest BCUT2D eigenvalue weighted by Gasteiger charge is 2.24. The van der Waals surface area contributed by atoms with E-state index in [1.165, 1.54) is 0 Å². The van der Waals surface area contributed by atoms with Crippen LogP contribution in [0.25, 0.3) is 0 Å². The molecule has 0 aliphatic carbocycles. The number of nitriles is 4. The summed E-state index contributed by atoms with van der Waals surface area (Å²) in [6, 6.07) is 16.0. The molecule has 3 aromatic rings. The molecule has 0 amide bonds. The lowest BCUT2D eigenvalue weighted by Crippen LogP contribution is -2.29. The summed E-state index contributed by atoms with van der Waals surface area (Å²) in [6.45, 7) is 0.823. The molecule has 0 radical (unpaired) electrons. The molecule has 8 heteroatoms. The van der Waals surface area contributed by atoms with Gasteiger partial charge in [0.1, 0.15) is 37.4 Å². The second kappa shape index (κ2) is 7.46. The maximum absolute atomic E-state index is 9.45. The largest absolute Gasteiger partial charge is 0.263 e. The van der Waals surface area contributed by atoms with Gasteiger partial charge in [0.25, 0.3) is 22.8 Å². The first-order valence-corrected chi connectivity index (χ1v) is 8.38. The third-order valence-electron chi connectivity index (χ3n) is 4.58. The van der Waals surface area contributed by atoms with Gasteiger partial charge in [-0.1, -0.05) is 24.3 Å². The third-order valence-corrected chi connectivity index (χ3v) is 4.58. The smallest absolute Gasteiger partial charge is 0.223 e. The van der Waals surface area contributed by atoms with Crippen LogP contribution >= 0.6 is 0 Å². The predicted octanol–water partition coefficient (Wildman–Crippen LogP) is 0.522. The number of aryl methyl sites for hydroxylation is 2. The summed E-state index contributed by atoms with van der Waals surface area (Å²) >= 11 is 0. The molecule has 0 bridgehead atoms. The van der Waals surface area contributed by atoms with E-state index in [9.17, 15) is 21.0 Å². The normalized spacial score (nSPS) is 9.93. The fraction of sp³-hybridized carbons (Fsp3) is 0.200. The van der Waals surface area contributed by atoms with Crippen LogP contribution < -0.4 is 9.13 Å². The summed E-state index contributed by atoms with van der Waals surface area (Å²) < 4.78 is 6.72. The van der Waals surface area contributed by atoms with Crippen LogP contribution in [0.15, 0.2) is 36.9 Å².